The average Bonchev–Trinajstić information content (AvgIpc) is 2.94. The first kappa shape index (κ1) is 18.4. The highest BCUT2D eigenvalue weighted by Gasteiger charge is 2.26. The largest absolute Gasteiger partial charge is 0.326 e. The molecule has 0 saturated carbocycles. The van der Waals surface area contributed by atoms with E-state index in [0.717, 1.165) is 18.7 Å². The summed E-state index contributed by atoms with van der Waals surface area (Å²) in [5.74, 6) is 0.283. The predicted octanol–water partition coefficient (Wildman–Crippen LogP) is 1.97. The number of likely N-dealkylation sites (tertiary alicyclic amines) is 1. The lowest BCUT2D eigenvalue weighted by atomic mass is 9.99. The van der Waals surface area contributed by atoms with Crippen LogP contribution in [0.5, 0.6) is 0 Å². The number of benzene rings is 1. The molecule has 3 rings (SSSR count). The van der Waals surface area contributed by atoms with Gasteiger partial charge in [-0.2, -0.15) is 0 Å². The van der Waals surface area contributed by atoms with Crippen LogP contribution in [0.3, 0.4) is 0 Å². The van der Waals surface area contributed by atoms with Gasteiger partial charge in [-0.05, 0) is 55.6 Å². The molecular formula is C18H27N3O3S. The van der Waals surface area contributed by atoms with Gasteiger partial charge in [0.15, 0.2) is 0 Å². The zero-order valence-electron chi connectivity index (χ0n) is 14.9. The van der Waals surface area contributed by atoms with E-state index in [-0.39, 0.29) is 23.3 Å². The Bertz CT molecular complexity index is 740. The number of anilines is 1. The topological polar surface area (TPSA) is 78.5 Å². The van der Waals surface area contributed by atoms with Gasteiger partial charge in [-0.3, -0.25) is 9.69 Å². The molecule has 6 nitrogen and oxygen atoms in total. The van der Waals surface area contributed by atoms with E-state index in [1.165, 1.54) is 19.3 Å². The second-order valence-electron chi connectivity index (χ2n) is 7.30. The molecule has 0 bridgehead atoms. The zero-order valence-corrected chi connectivity index (χ0v) is 15.7. The van der Waals surface area contributed by atoms with E-state index in [1.807, 2.05) is 0 Å². The van der Waals surface area contributed by atoms with Crippen LogP contribution in [-0.4, -0.2) is 44.9 Å². The normalized spacial score (nSPS) is 19.7. The van der Waals surface area contributed by atoms with Crippen LogP contribution in [0.1, 0.15) is 38.7 Å². The number of sulfonamides is 1. The minimum atomic E-state index is -3.58. The van der Waals surface area contributed by atoms with Gasteiger partial charge >= 0.3 is 0 Å². The second kappa shape index (κ2) is 7.43. The van der Waals surface area contributed by atoms with E-state index in [9.17, 15) is 13.2 Å². The van der Waals surface area contributed by atoms with Gasteiger partial charge < -0.3 is 5.32 Å². The Kier molecular flexibility index (Phi) is 5.46. The molecule has 0 radical (unpaired) electrons. The second-order valence-corrected chi connectivity index (χ2v) is 9.07. The van der Waals surface area contributed by atoms with Crippen LogP contribution < -0.4 is 10.0 Å². The van der Waals surface area contributed by atoms with Crippen LogP contribution in [0.25, 0.3) is 0 Å². The van der Waals surface area contributed by atoms with Crippen molar-refractivity contribution in [3.05, 3.63) is 23.8 Å². The number of carbonyl (C=O) groups is 1. The highest BCUT2D eigenvalue weighted by atomic mass is 32.2. The van der Waals surface area contributed by atoms with Gasteiger partial charge in [0.2, 0.25) is 15.9 Å². The molecular weight excluding hydrogens is 338 g/mol. The van der Waals surface area contributed by atoms with E-state index in [1.54, 1.807) is 18.2 Å². The number of nitrogens with one attached hydrogen (secondary N) is 2. The molecule has 1 fully saturated rings. The van der Waals surface area contributed by atoms with Crippen molar-refractivity contribution in [1.82, 2.24) is 9.62 Å². The predicted molar refractivity (Wildman–Crippen MR) is 98.0 cm³/mol. The molecule has 1 aromatic carbocycles. The molecule has 1 aromatic rings. The molecule has 1 unspecified atom stereocenters. The number of fused-ring (bicyclic) bond motifs is 1. The molecule has 25 heavy (non-hydrogen) atoms. The van der Waals surface area contributed by atoms with Crippen LogP contribution >= 0.6 is 0 Å². The SMILES string of the molecule is CC(C)C(CNS(=O)(=O)c1ccc2c(c1)CC(=O)N2)N1CCCCC1. The van der Waals surface area contributed by atoms with Crippen LogP contribution in [0, 0.1) is 5.92 Å². The van der Waals surface area contributed by atoms with Gasteiger partial charge in [0.1, 0.15) is 0 Å². The molecule has 0 aromatic heterocycles. The maximum absolute atomic E-state index is 12.7. The fourth-order valence-corrected chi connectivity index (χ4v) is 4.79. The van der Waals surface area contributed by atoms with Crippen molar-refractivity contribution in [1.29, 1.82) is 0 Å². The summed E-state index contributed by atoms with van der Waals surface area (Å²) < 4.78 is 28.2. The molecule has 138 valence electrons. The molecule has 1 atom stereocenters. The van der Waals surface area contributed by atoms with Crippen molar-refractivity contribution in [3.63, 3.8) is 0 Å². The average molecular weight is 365 g/mol. The van der Waals surface area contributed by atoms with Gasteiger partial charge in [-0.1, -0.05) is 20.3 Å². The van der Waals surface area contributed by atoms with Gasteiger partial charge in [-0.25, -0.2) is 13.1 Å². The van der Waals surface area contributed by atoms with Crippen LogP contribution in [0.2, 0.25) is 0 Å². The number of piperidine rings is 1. The lowest BCUT2D eigenvalue weighted by Crippen LogP contribution is -2.48. The third-order valence-electron chi connectivity index (χ3n) is 5.12. The smallest absolute Gasteiger partial charge is 0.240 e. The third-order valence-corrected chi connectivity index (χ3v) is 6.55. The van der Waals surface area contributed by atoms with Crippen molar-refractivity contribution in [3.8, 4) is 0 Å². The number of carbonyl (C=O) groups excluding carboxylic acids is 1. The van der Waals surface area contributed by atoms with Crippen molar-refractivity contribution < 1.29 is 13.2 Å². The summed E-state index contributed by atoms with van der Waals surface area (Å²) in [6, 6.07) is 5.02. The van der Waals surface area contributed by atoms with Crippen molar-refractivity contribution >= 4 is 21.6 Å². The third kappa shape index (κ3) is 4.22. The minimum absolute atomic E-state index is 0.0949. The molecule has 1 amide bonds. The van der Waals surface area contributed by atoms with Crippen molar-refractivity contribution in [2.24, 2.45) is 5.92 Å². The van der Waals surface area contributed by atoms with Crippen molar-refractivity contribution in [2.75, 3.05) is 25.0 Å². The number of hydrogen-bond acceptors (Lipinski definition) is 4. The summed E-state index contributed by atoms with van der Waals surface area (Å²) in [5.41, 5.74) is 1.45. The van der Waals surface area contributed by atoms with E-state index in [2.05, 4.69) is 28.8 Å². The molecule has 0 spiro atoms. The fraction of sp³-hybridized carbons (Fsp3) is 0.611. The van der Waals surface area contributed by atoms with Gasteiger partial charge in [0.05, 0.1) is 11.3 Å². The van der Waals surface area contributed by atoms with Gasteiger partial charge in [-0.15, -0.1) is 0 Å². The highest BCUT2D eigenvalue weighted by Crippen LogP contribution is 2.26. The molecule has 2 N–H and O–H groups in total. The summed E-state index contributed by atoms with van der Waals surface area (Å²) in [5, 5.41) is 2.72. The summed E-state index contributed by atoms with van der Waals surface area (Å²) >= 11 is 0. The zero-order chi connectivity index (χ0) is 18.0. The molecule has 2 aliphatic heterocycles. The Morgan fingerprint density at radius 2 is 1.92 bits per heavy atom. The van der Waals surface area contributed by atoms with Gasteiger partial charge in [0.25, 0.3) is 0 Å². The van der Waals surface area contributed by atoms with Crippen LogP contribution in [-0.2, 0) is 21.2 Å². The summed E-state index contributed by atoms with van der Waals surface area (Å²) in [6.07, 6.45) is 3.86. The maximum atomic E-state index is 12.7. The van der Waals surface area contributed by atoms with E-state index < -0.39 is 10.0 Å². The number of rotatable bonds is 6. The van der Waals surface area contributed by atoms with Crippen LogP contribution in [0.4, 0.5) is 5.69 Å². The lowest BCUT2D eigenvalue weighted by Gasteiger charge is -2.37. The van der Waals surface area contributed by atoms with Crippen LogP contribution in [0.15, 0.2) is 23.1 Å². The van der Waals surface area contributed by atoms with E-state index in [0.29, 0.717) is 18.2 Å². The molecule has 2 heterocycles. The van der Waals surface area contributed by atoms with E-state index in [4.69, 9.17) is 0 Å². The first-order valence-corrected chi connectivity index (χ1v) is 10.5. The first-order valence-electron chi connectivity index (χ1n) is 9.03. The number of hydrogen-bond donors (Lipinski definition) is 2. The standard InChI is InChI=1S/C18H27N3O3S/c1-13(2)17(21-8-4-3-5-9-21)12-19-25(23,24)15-6-7-16-14(10-15)11-18(22)20-16/h6-7,10,13,17,19H,3-5,8-9,11-12H2,1-2H3,(H,20,22). The number of nitrogens with zero attached hydrogens (tertiary/aromatic N) is 1. The Balaban J connectivity index is 1.70. The Hall–Kier alpha value is -1.44. The fourth-order valence-electron chi connectivity index (χ4n) is 3.69. The lowest BCUT2D eigenvalue weighted by molar-refractivity contribution is -0.115. The maximum Gasteiger partial charge on any atom is 0.240 e. The van der Waals surface area contributed by atoms with Gasteiger partial charge in [0, 0.05) is 18.3 Å². The first-order chi connectivity index (χ1) is 11.9. The number of amides is 1. The Morgan fingerprint density at radius 1 is 1.20 bits per heavy atom. The van der Waals surface area contributed by atoms with Crippen molar-refractivity contribution in [2.45, 2.75) is 50.5 Å². The molecule has 1 saturated heterocycles. The molecule has 0 aliphatic carbocycles. The molecule has 7 heteroatoms. The van der Waals surface area contributed by atoms with E-state index >= 15 is 0 Å². The quantitative estimate of drug-likeness (QED) is 0.808. The Morgan fingerprint density at radius 3 is 2.60 bits per heavy atom. The molecule has 2 aliphatic rings. The highest BCUT2D eigenvalue weighted by molar-refractivity contribution is 7.89. The summed E-state index contributed by atoms with van der Waals surface area (Å²) in [7, 11) is -3.58. The monoisotopic (exact) mass is 365 g/mol. The summed E-state index contributed by atoms with van der Waals surface area (Å²) in [6.45, 7) is 6.77. The minimum Gasteiger partial charge on any atom is -0.326 e. The summed E-state index contributed by atoms with van der Waals surface area (Å²) in [4.78, 5) is 14.1. The Labute approximate surface area is 150 Å².